The minimum atomic E-state index is -0.651. The Balaban J connectivity index is 1.81. The predicted octanol–water partition coefficient (Wildman–Crippen LogP) is 2.69. The summed E-state index contributed by atoms with van der Waals surface area (Å²) in [5.41, 5.74) is -0.624. The molecule has 1 atom stereocenters. The first kappa shape index (κ1) is 23.8. The summed E-state index contributed by atoms with van der Waals surface area (Å²) >= 11 is 5.86. The van der Waals surface area contributed by atoms with E-state index in [1.807, 2.05) is 0 Å². The van der Waals surface area contributed by atoms with Crippen LogP contribution >= 0.6 is 11.6 Å². The van der Waals surface area contributed by atoms with Gasteiger partial charge in [-0.1, -0.05) is 11.6 Å². The zero-order chi connectivity index (χ0) is 22.3. The Morgan fingerprint density at radius 2 is 1.67 bits per heavy atom. The number of ether oxygens (including phenoxy) is 2. The van der Waals surface area contributed by atoms with Gasteiger partial charge in [0.25, 0.3) is 5.91 Å². The summed E-state index contributed by atoms with van der Waals surface area (Å²) in [5.74, 6) is 0.229. The van der Waals surface area contributed by atoms with E-state index in [0.29, 0.717) is 43.4 Å². The Hall–Kier alpha value is -2.48. The van der Waals surface area contributed by atoms with Crippen LogP contribution in [0.5, 0.6) is 5.75 Å². The molecule has 1 heterocycles. The smallest absolute Gasteiger partial charge is 0.408 e. The van der Waals surface area contributed by atoms with Crippen molar-refractivity contribution in [2.24, 2.45) is 0 Å². The molecule has 1 N–H and O–H groups in total. The molecule has 8 nitrogen and oxygen atoms in total. The maximum Gasteiger partial charge on any atom is 0.408 e. The Labute approximate surface area is 182 Å². The fourth-order valence-corrected chi connectivity index (χ4v) is 3.11. The molecule has 0 bridgehead atoms. The molecule has 1 aliphatic heterocycles. The van der Waals surface area contributed by atoms with Crippen LogP contribution in [0.15, 0.2) is 24.3 Å². The highest BCUT2D eigenvalue weighted by atomic mass is 35.5. The number of hydrogen-bond acceptors (Lipinski definition) is 5. The number of amides is 3. The topological polar surface area (TPSA) is 88.2 Å². The van der Waals surface area contributed by atoms with E-state index in [-0.39, 0.29) is 18.4 Å². The van der Waals surface area contributed by atoms with Crippen LogP contribution in [0.3, 0.4) is 0 Å². The van der Waals surface area contributed by atoms with E-state index >= 15 is 0 Å². The largest absolute Gasteiger partial charge is 0.481 e. The average Bonchev–Trinajstić information content (AvgIpc) is 2.92. The van der Waals surface area contributed by atoms with Crippen molar-refractivity contribution < 1.29 is 23.9 Å². The second kappa shape index (κ2) is 10.5. The van der Waals surface area contributed by atoms with E-state index in [0.717, 1.165) is 0 Å². The van der Waals surface area contributed by atoms with Gasteiger partial charge in [-0.05, 0) is 58.4 Å². The van der Waals surface area contributed by atoms with Crippen LogP contribution in [0.25, 0.3) is 0 Å². The van der Waals surface area contributed by atoms with Gasteiger partial charge in [-0.25, -0.2) is 4.79 Å². The van der Waals surface area contributed by atoms with E-state index in [1.165, 1.54) is 0 Å². The number of nitrogens with one attached hydrogen (secondary N) is 1. The minimum absolute atomic E-state index is 0.133. The maximum absolute atomic E-state index is 12.7. The molecule has 1 aromatic rings. The number of benzene rings is 1. The summed E-state index contributed by atoms with van der Waals surface area (Å²) in [5, 5.41) is 3.07. The van der Waals surface area contributed by atoms with Gasteiger partial charge in [0, 0.05) is 31.2 Å². The minimum Gasteiger partial charge on any atom is -0.481 e. The van der Waals surface area contributed by atoms with Gasteiger partial charge in [-0.2, -0.15) is 0 Å². The van der Waals surface area contributed by atoms with E-state index in [4.69, 9.17) is 21.1 Å². The van der Waals surface area contributed by atoms with Gasteiger partial charge in [0.05, 0.1) is 0 Å². The Morgan fingerprint density at radius 3 is 2.30 bits per heavy atom. The van der Waals surface area contributed by atoms with E-state index in [9.17, 15) is 14.4 Å². The molecule has 166 valence electrons. The third kappa shape index (κ3) is 7.74. The highest BCUT2D eigenvalue weighted by Gasteiger charge is 2.26. The summed E-state index contributed by atoms with van der Waals surface area (Å²) in [6.07, 6.45) is -0.629. The van der Waals surface area contributed by atoms with Crippen LogP contribution in [0, 0.1) is 0 Å². The fourth-order valence-electron chi connectivity index (χ4n) is 2.99. The monoisotopic (exact) mass is 439 g/mol. The lowest BCUT2D eigenvalue weighted by atomic mass is 10.2. The zero-order valence-corrected chi connectivity index (χ0v) is 18.7. The molecule has 0 radical (unpaired) electrons. The van der Waals surface area contributed by atoms with E-state index in [1.54, 1.807) is 61.8 Å². The van der Waals surface area contributed by atoms with Gasteiger partial charge in [0.15, 0.2) is 6.10 Å². The average molecular weight is 440 g/mol. The standard InChI is InChI=1S/C21H30ClN3O5/c1-15(29-17-8-6-16(22)7-9-17)19(27)25-11-5-10-24(12-13-25)18(26)14-23-20(28)30-21(2,3)4/h6-9,15H,5,10-14H2,1-4H3,(H,23,28). The van der Waals surface area contributed by atoms with Crippen molar-refractivity contribution in [1.29, 1.82) is 0 Å². The molecule has 0 aromatic heterocycles. The number of nitrogens with zero attached hydrogens (tertiary/aromatic N) is 2. The number of rotatable bonds is 5. The Morgan fingerprint density at radius 1 is 1.07 bits per heavy atom. The fraction of sp³-hybridized carbons (Fsp3) is 0.571. The highest BCUT2D eigenvalue weighted by Crippen LogP contribution is 2.18. The molecule has 1 fully saturated rings. The first-order valence-electron chi connectivity index (χ1n) is 10.0. The van der Waals surface area contributed by atoms with Gasteiger partial charge in [-0.15, -0.1) is 0 Å². The van der Waals surface area contributed by atoms with Crippen molar-refractivity contribution in [1.82, 2.24) is 15.1 Å². The summed E-state index contributed by atoms with van der Waals surface area (Å²) < 4.78 is 10.8. The maximum atomic E-state index is 12.7. The molecule has 9 heteroatoms. The molecular formula is C21H30ClN3O5. The molecule has 2 rings (SSSR count). The third-order valence-corrected chi connectivity index (χ3v) is 4.67. The molecule has 3 amide bonds. The number of hydrogen-bond donors (Lipinski definition) is 1. The Bertz CT molecular complexity index is 748. The number of alkyl carbamates (subject to hydrolysis) is 1. The van der Waals surface area contributed by atoms with E-state index < -0.39 is 17.8 Å². The first-order chi connectivity index (χ1) is 14.0. The lowest BCUT2D eigenvalue weighted by Crippen LogP contribution is -2.45. The van der Waals surface area contributed by atoms with Crippen LogP contribution in [0.4, 0.5) is 4.79 Å². The molecule has 0 spiro atoms. The molecule has 0 saturated carbocycles. The van der Waals surface area contributed by atoms with Crippen LogP contribution in [-0.4, -0.2) is 72.1 Å². The van der Waals surface area contributed by atoms with Crippen molar-refractivity contribution >= 4 is 29.5 Å². The second-order valence-corrected chi connectivity index (χ2v) is 8.57. The summed E-state index contributed by atoms with van der Waals surface area (Å²) in [7, 11) is 0. The van der Waals surface area contributed by atoms with Crippen molar-refractivity contribution in [3.05, 3.63) is 29.3 Å². The van der Waals surface area contributed by atoms with Crippen molar-refractivity contribution in [2.75, 3.05) is 32.7 Å². The normalized spacial score (nSPS) is 15.8. The molecule has 1 aliphatic rings. The zero-order valence-electron chi connectivity index (χ0n) is 17.9. The SMILES string of the molecule is CC(Oc1ccc(Cl)cc1)C(=O)N1CCCN(C(=O)CNC(=O)OC(C)(C)C)CC1. The number of carbonyl (C=O) groups is 3. The van der Waals surface area contributed by atoms with Crippen LogP contribution in [0.1, 0.15) is 34.1 Å². The molecular weight excluding hydrogens is 410 g/mol. The van der Waals surface area contributed by atoms with Gasteiger partial charge < -0.3 is 24.6 Å². The quantitative estimate of drug-likeness (QED) is 0.762. The Kier molecular flexibility index (Phi) is 8.34. The lowest BCUT2D eigenvalue weighted by molar-refractivity contribution is -0.138. The summed E-state index contributed by atoms with van der Waals surface area (Å²) in [6.45, 7) is 8.70. The van der Waals surface area contributed by atoms with Crippen LogP contribution in [0.2, 0.25) is 5.02 Å². The van der Waals surface area contributed by atoms with Crippen LogP contribution < -0.4 is 10.1 Å². The highest BCUT2D eigenvalue weighted by molar-refractivity contribution is 6.30. The predicted molar refractivity (Wildman–Crippen MR) is 114 cm³/mol. The first-order valence-corrected chi connectivity index (χ1v) is 10.4. The molecule has 1 aromatic carbocycles. The lowest BCUT2D eigenvalue weighted by Gasteiger charge is -2.25. The third-order valence-electron chi connectivity index (χ3n) is 4.42. The van der Waals surface area contributed by atoms with Crippen molar-refractivity contribution in [3.63, 3.8) is 0 Å². The molecule has 1 unspecified atom stereocenters. The van der Waals surface area contributed by atoms with Gasteiger partial charge in [0.1, 0.15) is 17.9 Å². The number of halogens is 1. The van der Waals surface area contributed by atoms with Crippen LogP contribution in [-0.2, 0) is 14.3 Å². The molecule has 0 aliphatic carbocycles. The second-order valence-electron chi connectivity index (χ2n) is 8.13. The molecule has 1 saturated heterocycles. The number of carbonyl (C=O) groups excluding carboxylic acids is 3. The van der Waals surface area contributed by atoms with Crippen molar-refractivity contribution in [3.8, 4) is 5.75 Å². The van der Waals surface area contributed by atoms with E-state index in [2.05, 4.69) is 5.32 Å². The molecule has 30 heavy (non-hydrogen) atoms. The van der Waals surface area contributed by atoms with Gasteiger partial charge in [-0.3, -0.25) is 9.59 Å². The van der Waals surface area contributed by atoms with Gasteiger partial charge >= 0.3 is 6.09 Å². The summed E-state index contributed by atoms with van der Waals surface area (Å²) in [4.78, 5) is 40.2. The summed E-state index contributed by atoms with van der Waals surface area (Å²) in [6, 6.07) is 6.84. The van der Waals surface area contributed by atoms with Crippen molar-refractivity contribution in [2.45, 2.75) is 45.8 Å². The van der Waals surface area contributed by atoms with Gasteiger partial charge in [0.2, 0.25) is 5.91 Å².